The summed E-state index contributed by atoms with van der Waals surface area (Å²) in [4.78, 5) is 54.2. The number of carbonyl (C=O) groups is 4. The van der Waals surface area contributed by atoms with E-state index < -0.39 is 54.0 Å². The van der Waals surface area contributed by atoms with Crippen LogP contribution in [0.1, 0.15) is 52.0 Å². The molecule has 1 aromatic heterocycles. The van der Waals surface area contributed by atoms with E-state index in [1.165, 1.54) is 6.92 Å². The molecule has 0 spiro atoms. The highest BCUT2D eigenvalue weighted by molar-refractivity contribution is 5.95. The molecule has 0 aliphatic carbocycles. The number of fused-ring (bicyclic) bond motifs is 1. The second-order valence-electron chi connectivity index (χ2n) is 9.95. The number of carboxylic acid groups (broad SMARTS) is 1. The number of aliphatic carboxylic acids is 1. The summed E-state index contributed by atoms with van der Waals surface area (Å²) in [6.07, 6.45) is 2.65. The van der Waals surface area contributed by atoms with Gasteiger partial charge in [0.2, 0.25) is 17.7 Å². The zero-order valence-corrected chi connectivity index (χ0v) is 22.8. The molecule has 2 rings (SSSR count). The number of carbonyl (C=O) groups excluding carboxylic acids is 3. The van der Waals surface area contributed by atoms with Crippen molar-refractivity contribution in [3.8, 4) is 0 Å². The molecule has 39 heavy (non-hydrogen) atoms. The van der Waals surface area contributed by atoms with Crippen molar-refractivity contribution in [2.45, 2.75) is 83.1 Å². The number of aliphatic hydroxyl groups excluding tert-OH is 1. The van der Waals surface area contributed by atoms with Crippen LogP contribution in [0.25, 0.3) is 10.9 Å². The summed E-state index contributed by atoms with van der Waals surface area (Å²) in [5.74, 6) is -3.67. The van der Waals surface area contributed by atoms with Crippen LogP contribution in [0.15, 0.2) is 30.5 Å². The number of nitrogens with one attached hydrogen (secondary N) is 4. The third kappa shape index (κ3) is 9.05. The summed E-state index contributed by atoms with van der Waals surface area (Å²) in [5.41, 5.74) is 13.0. The van der Waals surface area contributed by atoms with Gasteiger partial charge in [-0.3, -0.25) is 14.4 Å². The number of benzene rings is 1. The largest absolute Gasteiger partial charge is 0.480 e. The average molecular weight is 547 g/mol. The van der Waals surface area contributed by atoms with Gasteiger partial charge in [-0.2, -0.15) is 0 Å². The zero-order chi connectivity index (χ0) is 29.1. The van der Waals surface area contributed by atoms with Crippen LogP contribution in [0.4, 0.5) is 0 Å². The van der Waals surface area contributed by atoms with Crippen molar-refractivity contribution < 1.29 is 29.4 Å². The van der Waals surface area contributed by atoms with Gasteiger partial charge in [0.1, 0.15) is 18.1 Å². The van der Waals surface area contributed by atoms with Crippen LogP contribution in [0, 0.1) is 5.92 Å². The van der Waals surface area contributed by atoms with Gasteiger partial charge in [0.05, 0.1) is 12.1 Å². The molecule has 6 atom stereocenters. The number of para-hydroxylation sites is 1. The number of nitrogens with two attached hydrogens (primary N) is 2. The van der Waals surface area contributed by atoms with Gasteiger partial charge in [-0.15, -0.1) is 0 Å². The van der Waals surface area contributed by atoms with E-state index in [1.54, 1.807) is 13.1 Å². The molecule has 216 valence electrons. The number of carboxylic acids is 1. The average Bonchev–Trinajstić information content (AvgIpc) is 3.31. The number of hydrogen-bond acceptors (Lipinski definition) is 7. The molecule has 12 nitrogen and oxygen atoms in total. The van der Waals surface area contributed by atoms with Gasteiger partial charge in [0, 0.05) is 23.5 Å². The lowest BCUT2D eigenvalue weighted by molar-refractivity contribution is -0.144. The van der Waals surface area contributed by atoms with E-state index in [1.807, 2.05) is 31.2 Å². The van der Waals surface area contributed by atoms with Crippen LogP contribution in [-0.2, 0) is 25.6 Å². The fourth-order valence-corrected chi connectivity index (χ4v) is 4.23. The van der Waals surface area contributed by atoms with Gasteiger partial charge in [0.15, 0.2) is 0 Å². The van der Waals surface area contributed by atoms with Gasteiger partial charge < -0.3 is 42.6 Å². The highest BCUT2D eigenvalue weighted by Gasteiger charge is 2.34. The summed E-state index contributed by atoms with van der Waals surface area (Å²) >= 11 is 0. The number of H-pyrrole nitrogens is 1. The van der Waals surface area contributed by atoms with Crippen molar-refractivity contribution >= 4 is 34.6 Å². The fraction of sp³-hybridized carbons (Fsp3) is 0.556. The summed E-state index contributed by atoms with van der Waals surface area (Å²) in [6.45, 7) is 5.33. The Morgan fingerprint density at radius 1 is 0.974 bits per heavy atom. The van der Waals surface area contributed by atoms with Crippen LogP contribution >= 0.6 is 0 Å². The van der Waals surface area contributed by atoms with Gasteiger partial charge in [-0.25, -0.2) is 4.79 Å². The first kappa shape index (κ1) is 31.7. The lowest BCUT2D eigenvalue weighted by Gasteiger charge is -2.27. The molecule has 10 N–H and O–H groups in total. The second-order valence-corrected chi connectivity index (χ2v) is 9.95. The minimum atomic E-state index is -1.39. The molecule has 1 aromatic carbocycles. The van der Waals surface area contributed by atoms with Crippen LogP contribution in [0.3, 0.4) is 0 Å². The molecular weight excluding hydrogens is 504 g/mol. The molecule has 0 radical (unpaired) electrons. The third-order valence-electron chi connectivity index (χ3n) is 6.88. The van der Waals surface area contributed by atoms with E-state index in [4.69, 9.17) is 11.5 Å². The Morgan fingerprint density at radius 2 is 1.64 bits per heavy atom. The molecule has 0 fully saturated rings. The van der Waals surface area contributed by atoms with E-state index in [2.05, 4.69) is 20.9 Å². The molecule has 0 aliphatic heterocycles. The maximum absolute atomic E-state index is 13.4. The first-order chi connectivity index (χ1) is 18.5. The highest BCUT2D eigenvalue weighted by atomic mass is 16.4. The molecular formula is C27H42N6O6. The van der Waals surface area contributed by atoms with Gasteiger partial charge in [-0.05, 0) is 43.9 Å². The van der Waals surface area contributed by atoms with E-state index in [0.29, 0.717) is 32.2 Å². The Morgan fingerprint density at radius 3 is 2.26 bits per heavy atom. The highest BCUT2D eigenvalue weighted by Crippen LogP contribution is 2.20. The number of aromatic amines is 1. The Balaban J connectivity index is 2.28. The van der Waals surface area contributed by atoms with Crippen molar-refractivity contribution in [2.75, 3.05) is 6.54 Å². The Labute approximate surface area is 228 Å². The monoisotopic (exact) mass is 546 g/mol. The summed E-state index contributed by atoms with van der Waals surface area (Å²) < 4.78 is 0. The first-order valence-corrected chi connectivity index (χ1v) is 13.3. The van der Waals surface area contributed by atoms with Crippen molar-refractivity contribution in [2.24, 2.45) is 17.4 Å². The first-order valence-electron chi connectivity index (χ1n) is 13.3. The SMILES string of the molecule is CCC(C)C(NC(=O)C(Cc1c[nH]c2ccccc12)NC(=O)C(NC(=O)C(N)CCCCN)C(C)O)C(=O)O. The van der Waals surface area contributed by atoms with Crippen LogP contribution < -0.4 is 27.4 Å². The molecule has 0 saturated carbocycles. The van der Waals surface area contributed by atoms with Crippen LogP contribution in [0.2, 0.25) is 0 Å². The van der Waals surface area contributed by atoms with E-state index in [9.17, 15) is 29.4 Å². The maximum Gasteiger partial charge on any atom is 0.326 e. The summed E-state index contributed by atoms with van der Waals surface area (Å²) in [7, 11) is 0. The minimum absolute atomic E-state index is 0.0352. The Kier molecular flexibility index (Phi) is 12.4. The maximum atomic E-state index is 13.4. The molecule has 0 aliphatic rings. The van der Waals surface area contributed by atoms with E-state index >= 15 is 0 Å². The predicted molar refractivity (Wildman–Crippen MR) is 147 cm³/mol. The van der Waals surface area contributed by atoms with Crippen molar-refractivity contribution in [3.05, 3.63) is 36.0 Å². The molecule has 3 amide bonds. The molecule has 1 heterocycles. The number of amides is 3. The lowest BCUT2D eigenvalue weighted by Crippen LogP contribution is -2.60. The zero-order valence-electron chi connectivity index (χ0n) is 22.8. The van der Waals surface area contributed by atoms with Gasteiger partial charge >= 0.3 is 5.97 Å². The fourth-order valence-electron chi connectivity index (χ4n) is 4.23. The second kappa shape index (κ2) is 15.2. The standard InChI is InChI=1S/C27H42N6O6/c1-4-15(2)22(27(38)39)32-25(36)21(13-17-14-30-20-11-6-5-9-18(17)20)31-26(37)23(16(3)34)33-24(35)19(29)10-7-8-12-28/h5-6,9,11,14-16,19,21-23,30,34H,4,7-8,10,12-13,28-29H2,1-3H3,(H,31,37)(H,32,36)(H,33,35)(H,38,39). The third-order valence-corrected chi connectivity index (χ3v) is 6.88. The van der Waals surface area contributed by atoms with E-state index in [0.717, 1.165) is 16.5 Å². The molecule has 6 unspecified atom stereocenters. The number of aliphatic hydroxyl groups is 1. The normalized spacial score (nSPS) is 15.9. The number of rotatable bonds is 16. The molecule has 12 heteroatoms. The molecule has 0 saturated heterocycles. The smallest absolute Gasteiger partial charge is 0.326 e. The number of unbranched alkanes of at least 4 members (excludes halogenated alkanes) is 1. The molecule has 2 aromatic rings. The van der Waals surface area contributed by atoms with Crippen molar-refractivity contribution in [3.63, 3.8) is 0 Å². The summed E-state index contributed by atoms with van der Waals surface area (Å²) in [5, 5.41) is 28.4. The lowest BCUT2D eigenvalue weighted by atomic mass is 9.97. The van der Waals surface area contributed by atoms with Crippen LogP contribution in [0.5, 0.6) is 0 Å². The van der Waals surface area contributed by atoms with Crippen molar-refractivity contribution in [1.29, 1.82) is 0 Å². The number of hydrogen-bond donors (Lipinski definition) is 8. The van der Waals surface area contributed by atoms with Gasteiger partial charge in [-0.1, -0.05) is 44.9 Å². The van der Waals surface area contributed by atoms with Crippen molar-refractivity contribution in [1.82, 2.24) is 20.9 Å². The summed E-state index contributed by atoms with van der Waals surface area (Å²) in [6, 6.07) is 2.78. The predicted octanol–water partition coefficient (Wildman–Crippen LogP) is 0.133. The molecule has 0 bridgehead atoms. The topological polar surface area (TPSA) is 213 Å². The van der Waals surface area contributed by atoms with Crippen LogP contribution in [-0.4, -0.2) is 75.7 Å². The van der Waals surface area contributed by atoms with E-state index in [-0.39, 0.29) is 12.3 Å². The Bertz CT molecular complexity index is 1120. The van der Waals surface area contributed by atoms with Gasteiger partial charge in [0.25, 0.3) is 0 Å². The Hall–Kier alpha value is -3.48. The quantitative estimate of drug-likeness (QED) is 0.135. The number of aromatic nitrogens is 1. The minimum Gasteiger partial charge on any atom is -0.480 e.